The molecule has 0 N–H and O–H groups in total. The summed E-state index contributed by atoms with van der Waals surface area (Å²) in [5, 5.41) is 2.96. The number of rotatable bonds is 2. The van der Waals surface area contributed by atoms with Gasteiger partial charge in [0.05, 0.1) is 0 Å². The highest BCUT2D eigenvalue weighted by Crippen LogP contribution is 2.32. The maximum absolute atomic E-state index is 13.2. The molecule has 0 bridgehead atoms. The third kappa shape index (κ3) is 2.60. The van der Waals surface area contributed by atoms with E-state index in [9.17, 15) is 9.59 Å². The predicted molar refractivity (Wildman–Crippen MR) is 124 cm³/mol. The molecule has 2 heterocycles. The van der Waals surface area contributed by atoms with Gasteiger partial charge in [0.15, 0.2) is 10.9 Å². The minimum absolute atomic E-state index is 0.0574. The molecule has 28 heavy (non-hydrogen) atoms. The van der Waals surface area contributed by atoms with Crippen molar-refractivity contribution in [3.63, 3.8) is 0 Å². The molecule has 0 aliphatic carbocycles. The lowest BCUT2D eigenvalue weighted by Gasteiger charge is -2.06. The van der Waals surface area contributed by atoms with Crippen LogP contribution >= 0.6 is 22.7 Å². The quantitative estimate of drug-likeness (QED) is 0.326. The van der Waals surface area contributed by atoms with E-state index in [1.54, 1.807) is 22.7 Å². The first kappa shape index (κ1) is 17.5. The molecule has 0 aliphatic rings. The van der Waals surface area contributed by atoms with Crippen LogP contribution in [0.2, 0.25) is 0 Å². The van der Waals surface area contributed by atoms with Gasteiger partial charge in [-0.1, -0.05) is 26.0 Å². The van der Waals surface area contributed by atoms with E-state index in [0.29, 0.717) is 10.8 Å². The summed E-state index contributed by atoms with van der Waals surface area (Å²) in [6.45, 7) is 4.19. The maximum atomic E-state index is 13.2. The summed E-state index contributed by atoms with van der Waals surface area (Å²) in [6.07, 6.45) is 1.81. The molecule has 0 aliphatic heterocycles. The summed E-state index contributed by atoms with van der Waals surface area (Å²) in [5.41, 5.74) is 2.45. The third-order valence-corrected chi connectivity index (χ3v) is 7.67. The molecular formula is C24H18O2S2. The predicted octanol–water partition coefficient (Wildman–Crippen LogP) is 6.27. The number of fused-ring (bicyclic) bond motifs is 4. The van der Waals surface area contributed by atoms with Gasteiger partial charge >= 0.3 is 0 Å². The van der Waals surface area contributed by atoms with E-state index in [1.807, 2.05) is 36.4 Å². The van der Waals surface area contributed by atoms with Gasteiger partial charge in [-0.25, -0.2) is 0 Å². The number of hydrogen-bond acceptors (Lipinski definition) is 4. The maximum Gasteiger partial charge on any atom is 0.195 e. The molecule has 0 spiro atoms. The van der Waals surface area contributed by atoms with Crippen molar-refractivity contribution < 1.29 is 0 Å². The van der Waals surface area contributed by atoms with Crippen LogP contribution in [0.1, 0.15) is 25.0 Å². The minimum atomic E-state index is 0.0574. The molecular weight excluding hydrogens is 384 g/mol. The van der Waals surface area contributed by atoms with Gasteiger partial charge in [-0.2, -0.15) is 0 Å². The number of benzene rings is 3. The average Bonchev–Trinajstić information content (AvgIpc) is 2.73. The molecule has 138 valence electrons. The molecule has 2 nitrogen and oxygen atoms in total. The summed E-state index contributed by atoms with van der Waals surface area (Å²) in [4.78, 5) is 26.3. The topological polar surface area (TPSA) is 34.1 Å². The van der Waals surface area contributed by atoms with Gasteiger partial charge in [-0.3, -0.25) is 9.59 Å². The van der Waals surface area contributed by atoms with Crippen LogP contribution in [0.3, 0.4) is 0 Å². The molecule has 3 aromatic carbocycles. The van der Waals surface area contributed by atoms with E-state index in [2.05, 4.69) is 26.0 Å². The Morgan fingerprint density at radius 1 is 0.571 bits per heavy atom. The van der Waals surface area contributed by atoms with Crippen molar-refractivity contribution in [1.29, 1.82) is 0 Å². The Hall–Kier alpha value is -2.56. The zero-order valence-corrected chi connectivity index (χ0v) is 17.3. The fraction of sp³-hybridized carbons (Fsp3) is 0.167. The largest absolute Gasteiger partial charge is 0.289 e. The van der Waals surface area contributed by atoms with Gasteiger partial charge < -0.3 is 0 Å². The highest BCUT2D eigenvalue weighted by Gasteiger charge is 2.12. The lowest BCUT2D eigenvalue weighted by atomic mass is 10.1. The summed E-state index contributed by atoms with van der Waals surface area (Å²) in [7, 11) is 0. The molecule has 0 saturated heterocycles. The Labute approximate surface area is 169 Å². The van der Waals surface area contributed by atoms with Crippen molar-refractivity contribution in [3.8, 4) is 0 Å². The minimum Gasteiger partial charge on any atom is -0.289 e. The summed E-state index contributed by atoms with van der Waals surface area (Å²) in [6, 6.07) is 16.1. The van der Waals surface area contributed by atoms with Crippen molar-refractivity contribution in [2.75, 3.05) is 0 Å². The Morgan fingerprint density at radius 3 is 1.36 bits per heavy atom. The Bertz CT molecular complexity index is 1410. The molecule has 0 amide bonds. The van der Waals surface area contributed by atoms with Crippen LogP contribution in [0.5, 0.6) is 0 Å². The van der Waals surface area contributed by atoms with E-state index < -0.39 is 0 Å². The average molecular weight is 403 g/mol. The van der Waals surface area contributed by atoms with Gasteiger partial charge in [-0.05, 0) is 60.4 Å². The first-order chi connectivity index (χ1) is 13.6. The SMILES string of the molecule is CCc1ccc2sc3cc4c(=O)c5cc(CC)ccc5sc4cc3c(=O)c2c1. The number of hydrogen-bond donors (Lipinski definition) is 0. The Morgan fingerprint density at radius 2 is 0.964 bits per heavy atom. The summed E-state index contributed by atoms with van der Waals surface area (Å²) in [5.74, 6) is 0. The van der Waals surface area contributed by atoms with Crippen molar-refractivity contribution in [3.05, 3.63) is 80.1 Å². The van der Waals surface area contributed by atoms with Crippen LogP contribution in [-0.4, -0.2) is 0 Å². The van der Waals surface area contributed by atoms with E-state index in [4.69, 9.17) is 0 Å². The second-order valence-corrected chi connectivity index (χ2v) is 9.24. The fourth-order valence-electron chi connectivity index (χ4n) is 3.74. The smallest absolute Gasteiger partial charge is 0.195 e. The van der Waals surface area contributed by atoms with E-state index >= 15 is 0 Å². The lowest BCUT2D eigenvalue weighted by molar-refractivity contribution is 1.15. The highest BCUT2D eigenvalue weighted by molar-refractivity contribution is 7.26. The molecule has 0 saturated carbocycles. The van der Waals surface area contributed by atoms with Gasteiger partial charge in [0.2, 0.25) is 0 Å². The van der Waals surface area contributed by atoms with E-state index in [1.165, 1.54) is 11.1 Å². The number of aryl methyl sites for hydroxylation is 2. The third-order valence-electron chi connectivity index (χ3n) is 5.40. The van der Waals surface area contributed by atoms with Gasteiger partial charge in [-0.15, -0.1) is 22.7 Å². The molecule has 0 fully saturated rings. The monoisotopic (exact) mass is 402 g/mol. The van der Waals surface area contributed by atoms with Crippen LogP contribution in [0.15, 0.2) is 58.1 Å². The zero-order chi connectivity index (χ0) is 19.4. The molecule has 5 aromatic rings. The van der Waals surface area contributed by atoms with Crippen LogP contribution in [0.4, 0.5) is 0 Å². The molecule has 0 atom stereocenters. The molecule has 4 heteroatoms. The van der Waals surface area contributed by atoms with Crippen molar-refractivity contribution in [1.82, 2.24) is 0 Å². The summed E-state index contributed by atoms with van der Waals surface area (Å²) >= 11 is 3.17. The van der Waals surface area contributed by atoms with Crippen LogP contribution < -0.4 is 10.9 Å². The molecule has 5 rings (SSSR count). The van der Waals surface area contributed by atoms with Crippen molar-refractivity contribution in [2.24, 2.45) is 0 Å². The van der Waals surface area contributed by atoms with Crippen LogP contribution in [-0.2, 0) is 12.8 Å². The highest BCUT2D eigenvalue weighted by atomic mass is 32.1. The standard InChI is InChI=1S/C24H18O2S2/c1-3-13-5-7-19-15(9-13)23(25)17-11-22-18(12-21(17)27-19)24(26)16-10-14(4-2)6-8-20(16)28-22/h5-12H,3-4H2,1-2H3. The van der Waals surface area contributed by atoms with E-state index in [-0.39, 0.29) is 10.9 Å². The van der Waals surface area contributed by atoms with Crippen LogP contribution in [0.25, 0.3) is 40.3 Å². The van der Waals surface area contributed by atoms with E-state index in [0.717, 1.165) is 42.4 Å². The zero-order valence-electron chi connectivity index (χ0n) is 15.7. The van der Waals surface area contributed by atoms with Gasteiger partial charge in [0.1, 0.15) is 0 Å². The van der Waals surface area contributed by atoms with Crippen molar-refractivity contribution >= 4 is 63.0 Å². The molecule has 0 radical (unpaired) electrons. The molecule has 2 aromatic heterocycles. The Balaban J connectivity index is 1.92. The second kappa shape index (κ2) is 6.50. The van der Waals surface area contributed by atoms with Gasteiger partial charge in [0.25, 0.3) is 0 Å². The first-order valence-corrected chi connectivity index (χ1v) is 11.1. The normalized spacial score (nSPS) is 11.8. The first-order valence-electron chi connectivity index (χ1n) is 9.48. The summed E-state index contributed by atoms with van der Waals surface area (Å²) < 4.78 is 3.70. The van der Waals surface area contributed by atoms with Crippen molar-refractivity contribution in [2.45, 2.75) is 26.7 Å². The second-order valence-electron chi connectivity index (χ2n) is 7.08. The lowest BCUT2D eigenvalue weighted by Crippen LogP contribution is -2.05. The van der Waals surface area contributed by atoms with Gasteiger partial charge in [0, 0.05) is 40.3 Å². The molecule has 0 unspecified atom stereocenters. The Kier molecular flexibility index (Phi) is 4.07. The van der Waals surface area contributed by atoms with Crippen LogP contribution in [0, 0.1) is 0 Å². The fourth-order valence-corrected chi connectivity index (χ4v) is 5.88.